The van der Waals surface area contributed by atoms with Gasteiger partial charge in [0.15, 0.2) is 0 Å². The average molecular weight is 303 g/mol. The van der Waals surface area contributed by atoms with Crippen LogP contribution in [-0.2, 0) is 9.59 Å². The molecule has 2 rings (SSSR count). The van der Waals surface area contributed by atoms with Crippen molar-refractivity contribution in [2.75, 3.05) is 13.1 Å². The van der Waals surface area contributed by atoms with Crippen molar-refractivity contribution in [3.8, 4) is 0 Å². The van der Waals surface area contributed by atoms with Gasteiger partial charge in [-0.25, -0.2) is 0 Å². The van der Waals surface area contributed by atoms with Gasteiger partial charge in [0, 0.05) is 35.5 Å². The normalized spacial score (nSPS) is 14.1. The Bertz CT molecular complexity index is 632. The molecule has 4 nitrogen and oxygen atoms in total. The van der Waals surface area contributed by atoms with Crippen LogP contribution in [0.1, 0.15) is 5.56 Å². The number of carbonyl (C=O) groups excluding carboxylic acids is 2. The zero-order valence-electron chi connectivity index (χ0n) is 11.4. The summed E-state index contributed by atoms with van der Waals surface area (Å²) in [5.74, 6) is -0.407. The van der Waals surface area contributed by atoms with Crippen LogP contribution in [0.5, 0.6) is 0 Å². The van der Waals surface area contributed by atoms with Crippen LogP contribution in [0.15, 0.2) is 55.3 Å². The maximum absolute atomic E-state index is 12.0. The van der Waals surface area contributed by atoms with E-state index in [1.807, 2.05) is 12.1 Å². The van der Waals surface area contributed by atoms with E-state index in [4.69, 9.17) is 11.6 Å². The number of benzene rings is 1. The van der Waals surface area contributed by atoms with Crippen LogP contribution in [0, 0.1) is 0 Å². The van der Waals surface area contributed by atoms with Gasteiger partial charge in [-0.2, -0.15) is 0 Å². The van der Waals surface area contributed by atoms with Crippen LogP contribution in [-0.4, -0.2) is 29.8 Å². The number of halogens is 1. The molecule has 1 N–H and O–H groups in total. The molecule has 0 aliphatic carbocycles. The topological polar surface area (TPSA) is 49.4 Å². The zero-order chi connectivity index (χ0) is 15.4. The van der Waals surface area contributed by atoms with E-state index in [0.29, 0.717) is 23.8 Å². The molecule has 0 spiro atoms. The summed E-state index contributed by atoms with van der Waals surface area (Å²) in [5.41, 5.74) is 2.28. The first-order chi connectivity index (χ1) is 10.0. The van der Waals surface area contributed by atoms with Crippen molar-refractivity contribution in [2.24, 2.45) is 0 Å². The van der Waals surface area contributed by atoms with Crippen LogP contribution in [0.3, 0.4) is 0 Å². The van der Waals surface area contributed by atoms with Crippen LogP contribution >= 0.6 is 11.6 Å². The second-order valence-corrected chi connectivity index (χ2v) is 4.93. The predicted octanol–water partition coefficient (Wildman–Crippen LogP) is 2.38. The SMILES string of the molecule is C=CC(=O)NCCN1C(=C)C(c2ccc(Cl)cc2)=CC1=O. The van der Waals surface area contributed by atoms with E-state index in [-0.39, 0.29) is 11.8 Å². The second kappa shape index (κ2) is 6.41. The average Bonchev–Trinajstić information content (AvgIpc) is 2.75. The third-order valence-electron chi connectivity index (χ3n) is 3.15. The summed E-state index contributed by atoms with van der Waals surface area (Å²) in [5, 5.41) is 3.27. The second-order valence-electron chi connectivity index (χ2n) is 4.50. The molecule has 108 valence electrons. The molecular weight excluding hydrogens is 288 g/mol. The van der Waals surface area contributed by atoms with Gasteiger partial charge in [-0.3, -0.25) is 9.59 Å². The van der Waals surface area contributed by atoms with E-state index in [1.165, 1.54) is 11.0 Å². The fraction of sp³-hybridized carbons (Fsp3) is 0.125. The molecule has 1 heterocycles. The highest BCUT2D eigenvalue weighted by Gasteiger charge is 2.26. The first kappa shape index (κ1) is 15.1. The molecule has 0 aromatic heterocycles. The number of nitrogens with one attached hydrogen (secondary N) is 1. The van der Waals surface area contributed by atoms with Gasteiger partial charge >= 0.3 is 0 Å². The minimum Gasteiger partial charge on any atom is -0.351 e. The molecule has 0 fully saturated rings. The lowest BCUT2D eigenvalue weighted by molar-refractivity contribution is -0.123. The van der Waals surface area contributed by atoms with Crippen molar-refractivity contribution >= 4 is 29.0 Å². The Labute approximate surface area is 128 Å². The smallest absolute Gasteiger partial charge is 0.251 e. The highest BCUT2D eigenvalue weighted by atomic mass is 35.5. The lowest BCUT2D eigenvalue weighted by Crippen LogP contribution is -2.34. The van der Waals surface area contributed by atoms with Crippen LogP contribution in [0.25, 0.3) is 5.57 Å². The molecule has 1 aromatic rings. The van der Waals surface area contributed by atoms with E-state index in [1.54, 1.807) is 18.2 Å². The number of hydrogen-bond donors (Lipinski definition) is 1. The van der Waals surface area contributed by atoms with Gasteiger partial charge in [0.1, 0.15) is 0 Å². The predicted molar refractivity (Wildman–Crippen MR) is 83.5 cm³/mol. The number of nitrogens with zero attached hydrogens (tertiary/aromatic N) is 1. The van der Waals surface area contributed by atoms with Crippen LogP contribution in [0.2, 0.25) is 5.02 Å². The Morgan fingerprint density at radius 2 is 2.00 bits per heavy atom. The van der Waals surface area contributed by atoms with Gasteiger partial charge in [0.25, 0.3) is 5.91 Å². The Morgan fingerprint density at radius 1 is 1.33 bits per heavy atom. The summed E-state index contributed by atoms with van der Waals surface area (Å²) >= 11 is 5.86. The molecule has 0 saturated carbocycles. The lowest BCUT2D eigenvalue weighted by atomic mass is 10.1. The molecule has 0 bridgehead atoms. The van der Waals surface area contributed by atoms with Gasteiger partial charge in [-0.1, -0.05) is 36.9 Å². The van der Waals surface area contributed by atoms with E-state index in [2.05, 4.69) is 18.5 Å². The van der Waals surface area contributed by atoms with Crippen molar-refractivity contribution in [1.29, 1.82) is 0 Å². The van der Waals surface area contributed by atoms with Gasteiger partial charge in [0.05, 0.1) is 0 Å². The van der Waals surface area contributed by atoms with Gasteiger partial charge < -0.3 is 10.2 Å². The maximum atomic E-state index is 12.0. The summed E-state index contributed by atoms with van der Waals surface area (Å²) in [4.78, 5) is 24.6. The Balaban J connectivity index is 2.04. The Kier molecular flexibility index (Phi) is 4.60. The van der Waals surface area contributed by atoms with E-state index in [9.17, 15) is 9.59 Å². The van der Waals surface area contributed by atoms with Crippen molar-refractivity contribution in [3.05, 3.63) is 65.9 Å². The van der Waals surface area contributed by atoms with Gasteiger partial charge in [-0.15, -0.1) is 0 Å². The van der Waals surface area contributed by atoms with Crippen LogP contribution < -0.4 is 5.32 Å². The largest absolute Gasteiger partial charge is 0.351 e. The quantitative estimate of drug-likeness (QED) is 0.849. The summed E-state index contributed by atoms with van der Waals surface area (Å²) < 4.78 is 0. The molecule has 21 heavy (non-hydrogen) atoms. The maximum Gasteiger partial charge on any atom is 0.251 e. The first-order valence-corrected chi connectivity index (χ1v) is 6.79. The number of allylic oxidation sites excluding steroid dienone is 1. The molecule has 0 atom stereocenters. The summed E-state index contributed by atoms with van der Waals surface area (Å²) in [6.45, 7) is 8.03. The molecule has 0 radical (unpaired) electrons. The Morgan fingerprint density at radius 3 is 2.62 bits per heavy atom. The number of hydrogen-bond acceptors (Lipinski definition) is 2. The standard InChI is InChI=1S/C16H15ClN2O2/c1-3-15(20)18-8-9-19-11(2)14(10-16(19)21)12-4-6-13(17)7-5-12/h3-7,10H,1-2,8-9H2,(H,18,20). The van der Waals surface area contributed by atoms with Crippen molar-refractivity contribution in [3.63, 3.8) is 0 Å². The van der Waals surface area contributed by atoms with E-state index in [0.717, 1.165) is 11.1 Å². The third-order valence-corrected chi connectivity index (χ3v) is 3.40. The lowest BCUT2D eigenvalue weighted by Gasteiger charge is -2.19. The summed E-state index contributed by atoms with van der Waals surface area (Å²) in [7, 11) is 0. The fourth-order valence-electron chi connectivity index (χ4n) is 2.05. The molecule has 1 aliphatic rings. The highest BCUT2D eigenvalue weighted by molar-refractivity contribution is 6.30. The zero-order valence-corrected chi connectivity index (χ0v) is 12.2. The number of amides is 2. The van der Waals surface area contributed by atoms with Gasteiger partial charge in [0.2, 0.25) is 5.91 Å². The van der Waals surface area contributed by atoms with Crippen molar-refractivity contribution < 1.29 is 9.59 Å². The van der Waals surface area contributed by atoms with Crippen molar-refractivity contribution in [2.45, 2.75) is 0 Å². The summed E-state index contributed by atoms with van der Waals surface area (Å²) in [6, 6.07) is 7.22. The monoisotopic (exact) mass is 302 g/mol. The fourth-order valence-corrected chi connectivity index (χ4v) is 2.18. The van der Waals surface area contributed by atoms with E-state index < -0.39 is 0 Å². The molecule has 0 saturated heterocycles. The molecule has 2 amide bonds. The highest BCUT2D eigenvalue weighted by Crippen LogP contribution is 2.30. The third kappa shape index (κ3) is 3.41. The molecule has 1 aromatic carbocycles. The molecule has 5 heteroatoms. The van der Waals surface area contributed by atoms with Crippen LogP contribution in [0.4, 0.5) is 0 Å². The summed E-state index contributed by atoms with van der Waals surface area (Å²) in [6.07, 6.45) is 2.74. The minimum absolute atomic E-state index is 0.141. The number of carbonyl (C=O) groups is 2. The van der Waals surface area contributed by atoms with Gasteiger partial charge in [-0.05, 0) is 23.8 Å². The first-order valence-electron chi connectivity index (χ1n) is 6.41. The van der Waals surface area contributed by atoms with Crippen molar-refractivity contribution in [1.82, 2.24) is 10.2 Å². The Hall–Kier alpha value is -2.33. The molecule has 0 unspecified atom stereocenters. The number of rotatable bonds is 5. The molecular formula is C16H15ClN2O2. The minimum atomic E-state index is -0.266. The molecule has 1 aliphatic heterocycles. The van der Waals surface area contributed by atoms with E-state index >= 15 is 0 Å².